The first-order valence-corrected chi connectivity index (χ1v) is 4.08. The van der Waals surface area contributed by atoms with Crippen LogP contribution in [0.5, 0.6) is 5.75 Å². The molecule has 0 aliphatic heterocycles. The Hall–Kier alpha value is -1.57. The van der Waals surface area contributed by atoms with Gasteiger partial charge in [-0.15, -0.1) is 0 Å². The summed E-state index contributed by atoms with van der Waals surface area (Å²) < 4.78 is 5.13. The SMILES string of the molecule is C/C=C(\C=O)c1ccccc1OC. The molecule has 0 saturated heterocycles. The highest BCUT2D eigenvalue weighted by molar-refractivity contribution is 6.07. The van der Waals surface area contributed by atoms with Crippen LogP contribution in [0.1, 0.15) is 12.5 Å². The number of benzene rings is 1. The molecule has 0 aromatic heterocycles. The lowest BCUT2D eigenvalue weighted by atomic mass is 10.1. The predicted octanol–water partition coefficient (Wildman–Crippen LogP) is 2.30. The molecule has 0 atom stereocenters. The molecule has 1 rings (SSSR count). The molecule has 0 N–H and O–H groups in total. The van der Waals surface area contributed by atoms with Crippen LogP contribution >= 0.6 is 0 Å². The number of carbonyl (C=O) groups is 1. The van der Waals surface area contributed by atoms with Gasteiger partial charge >= 0.3 is 0 Å². The summed E-state index contributed by atoms with van der Waals surface area (Å²) in [5.41, 5.74) is 1.49. The Morgan fingerprint density at radius 1 is 1.38 bits per heavy atom. The van der Waals surface area contributed by atoms with Crippen molar-refractivity contribution in [1.82, 2.24) is 0 Å². The molecule has 2 heteroatoms. The fourth-order valence-corrected chi connectivity index (χ4v) is 1.17. The van der Waals surface area contributed by atoms with Crippen LogP contribution in [-0.2, 0) is 4.79 Å². The molecule has 0 aliphatic carbocycles. The maximum absolute atomic E-state index is 10.7. The first-order chi connectivity index (χ1) is 6.33. The van der Waals surface area contributed by atoms with Crippen LogP contribution in [0.3, 0.4) is 0 Å². The molecule has 68 valence electrons. The van der Waals surface area contributed by atoms with Crippen LogP contribution in [0.2, 0.25) is 0 Å². The third-order valence-corrected chi connectivity index (χ3v) is 1.86. The summed E-state index contributed by atoms with van der Waals surface area (Å²) in [7, 11) is 1.59. The number of para-hydroxylation sites is 1. The molecular weight excluding hydrogens is 164 g/mol. The van der Waals surface area contributed by atoms with Crippen molar-refractivity contribution in [2.45, 2.75) is 6.92 Å². The fourth-order valence-electron chi connectivity index (χ4n) is 1.17. The normalized spacial score (nSPS) is 11.1. The number of methoxy groups -OCH3 is 1. The Balaban J connectivity index is 3.19. The molecule has 1 aromatic rings. The van der Waals surface area contributed by atoms with Gasteiger partial charge in [-0.3, -0.25) is 4.79 Å². The zero-order valence-corrected chi connectivity index (χ0v) is 7.78. The van der Waals surface area contributed by atoms with Gasteiger partial charge in [-0.25, -0.2) is 0 Å². The number of rotatable bonds is 3. The van der Waals surface area contributed by atoms with Gasteiger partial charge in [-0.2, -0.15) is 0 Å². The molecule has 0 spiro atoms. The van der Waals surface area contributed by atoms with Gasteiger partial charge in [0.1, 0.15) is 12.0 Å². The molecular formula is C11H12O2. The minimum absolute atomic E-state index is 0.650. The average Bonchev–Trinajstić information content (AvgIpc) is 2.20. The van der Waals surface area contributed by atoms with Gasteiger partial charge < -0.3 is 4.74 Å². The standard InChI is InChI=1S/C11H12O2/c1-3-9(8-12)10-6-4-5-7-11(10)13-2/h3-8H,1-2H3/b9-3+. The Bertz CT molecular complexity index is 327. The molecule has 0 amide bonds. The lowest BCUT2D eigenvalue weighted by Gasteiger charge is -2.06. The highest BCUT2D eigenvalue weighted by Crippen LogP contribution is 2.23. The van der Waals surface area contributed by atoms with Crippen LogP contribution in [0.25, 0.3) is 5.57 Å². The Morgan fingerprint density at radius 2 is 2.08 bits per heavy atom. The second kappa shape index (κ2) is 4.45. The molecule has 1 aromatic carbocycles. The largest absolute Gasteiger partial charge is 0.496 e. The van der Waals surface area contributed by atoms with Gasteiger partial charge in [0, 0.05) is 11.1 Å². The van der Waals surface area contributed by atoms with Crippen LogP contribution < -0.4 is 4.74 Å². The van der Waals surface area contributed by atoms with E-state index < -0.39 is 0 Å². The number of aldehydes is 1. The van der Waals surface area contributed by atoms with Crippen LogP contribution in [-0.4, -0.2) is 13.4 Å². The summed E-state index contributed by atoms with van der Waals surface area (Å²) in [6.45, 7) is 1.83. The van der Waals surface area contributed by atoms with Gasteiger partial charge in [0.05, 0.1) is 7.11 Å². The highest BCUT2D eigenvalue weighted by atomic mass is 16.5. The van der Waals surface area contributed by atoms with E-state index in [0.717, 1.165) is 17.6 Å². The minimum Gasteiger partial charge on any atom is -0.496 e. The van der Waals surface area contributed by atoms with Gasteiger partial charge in [0.2, 0.25) is 0 Å². The Labute approximate surface area is 77.8 Å². The second-order valence-corrected chi connectivity index (χ2v) is 2.56. The Morgan fingerprint density at radius 3 is 2.62 bits per heavy atom. The first-order valence-electron chi connectivity index (χ1n) is 4.08. The zero-order valence-electron chi connectivity index (χ0n) is 7.78. The summed E-state index contributed by atoms with van der Waals surface area (Å²) in [6, 6.07) is 7.45. The number of hydrogen-bond acceptors (Lipinski definition) is 2. The molecule has 2 nitrogen and oxygen atoms in total. The van der Waals surface area contributed by atoms with E-state index in [9.17, 15) is 4.79 Å². The quantitative estimate of drug-likeness (QED) is 0.521. The van der Waals surface area contributed by atoms with Crippen LogP contribution in [0.15, 0.2) is 30.3 Å². The van der Waals surface area contributed by atoms with Gasteiger partial charge in [0.15, 0.2) is 0 Å². The molecule has 0 fully saturated rings. The van der Waals surface area contributed by atoms with E-state index in [4.69, 9.17) is 4.74 Å². The smallest absolute Gasteiger partial charge is 0.150 e. The molecule has 0 bridgehead atoms. The van der Waals surface area contributed by atoms with E-state index in [2.05, 4.69) is 0 Å². The summed E-state index contributed by atoms with van der Waals surface area (Å²) in [5, 5.41) is 0. The summed E-state index contributed by atoms with van der Waals surface area (Å²) in [4.78, 5) is 10.7. The van der Waals surface area contributed by atoms with Gasteiger partial charge in [0.25, 0.3) is 0 Å². The van der Waals surface area contributed by atoms with Crippen molar-refractivity contribution >= 4 is 11.9 Å². The molecule has 0 unspecified atom stereocenters. The van der Waals surface area contributed by atoms with E-state index in [1.165, 1.54) is 0 Å². The van der Waals surface area contributed by atoms with E-state index in [1.807, 2.05) is 31.2 Å². The van der Waals surface area contributed by atoms with Gasteiger partial charge in [-0.1, -0.05) is 24.3 Å². The molecule has 0 heterocycles. The van der Waals surface area contributed by atoms with E-state index in [1.54, 1.807) is 13.2 Å². The van der Waals surface area contributed by atoms with Crippen LogP contribution in [0.4, 0.5) is 0 Å². The van der Waals surface area contributed by atoms with Crippen molar-refractivity contribution in [1.29, 1.82) is 0 Å². The predicted molar refractivity (Wildman–Crippen MR) is 52.7 cm³/mol. The summed E-state index contributed by atoms with van der Waals surface area (Å²) in [6.07, 6.45) is 2.60. The number of carbonyl (C=O) groups excluding carboxylic acids is 1. The van der Waals surface area contributed by atoms with Crippen LogP contribution in [0, 0.1) is 0 Å². The van der Waals surface area contributed by atoms with Crippen molar-refractivity contribution in [2.75, 3.05) is 7.11 Å². The number of ether oxygens (including phenoxy) is 1. The monoisotopic (exact) mass is 176 g/mol. The molecule has 13 heavy (non-hydrogen) atoms. The zero-order chi connectivity index (χ0) is 9.68. The second-order valence-electron chi connectivity index (χ2n) is 2.56. The topological polar surface area (TPSA) is 26.3 Å². The maximum Gasteiger partial charge on any atom is 0.150 e. The molecule has 0 radical (unpaired) electrons. The maximum atomic E-state index is 10.7. The van der Waals surface area contributed by atoms with Crippen molar-refractivity contribution < 1.29 is 9.53 Å². The fraction of sp³-hybridized carbons (Fsp3) is 0.182. The van der Waals surface area contributed by atoms with Gasteiger partial charge in [-0.05, 0) is 13.0 Å². The number of hydrogen-bond donors (Lipinski definition) is 0. The average molecular weight is 176 g/mol. The van der Waals surface area contributed by atoms with E-state index in [0.29, 0.717) is 5.57 Å². The van der Waals surface area contributed by atoms with Crippen molar-refractivity contribution in [2.24, 2.45) is 0 Å². The third-order valence-electron chi connectivity index (χ3n) is 1.86. The Kier molecular flexibility index (Phi) is 3.26. The minimum atomic E-state index is 0.650. The first kappa shape index (κ1) is 9.52. The van der Waals surface area contributed by atoms with Crippen molar-refractivity contribution in [3.05, 3.63) is 35.9 Å². The highest BCUT2D eigenvalue weighted by Gasteiger charge is 2.04. The van der Waals surface area contributed by atoms with E-state index >= 15 is 0 Å². The van der Waals surface area contributed by atoms with Crippen molar-refractivity contribution in [3.8, 4) is 5.75 Å². The molecule has 0 saturated carbocycles. The van der Waals surface area contributed by atoms with E-state index in [-0.39, 0.29) is 0 Å². The molecule has 0 aliphatic rings. The lowest BCUT2D eigenvalue weighted by Crippen LogP contribution is -1.91. The number of allylic oxidation sites excluding steroid dienone is 2. The third kappa shape index (κ3) is 1.96. The summed E-state index contributed by atoms with van der Waals surface area (Å²) in [5.74, 6) is 0.725. The van der Waals surface area contributed by atoms with Crippen molar-refractivity contribution in [3.63, 3.8) is 0 Å². The lowest BCUT2D eigenvalue weighted by molar-refractivity contribution is -0.103. The summed E-state index contributed by atoms with van der Waals surface area (Å²) >= 11 is 0.